The normalized spacial score (nSPS) is 27.4. The van der Waals surface area contributed by atoms with Crippen LogP contribution in [-0.2, 0) is 0 Å². The van der Waals surface area contributed by atoms with Crippen LogP contribution in [0.4, 0.5) is 0 Å². The molecule has 3 atom stereocenters. The molecule has 1 rings (SSSR count). The highest BCUT2D eigenvalue weighted by Gasteiger charge is 2.25. The molecule has 20 heavy (non-hydrogen) atoms. The lowest BCUT2D eigenvalue weighted by molar-refractivity contribution is 0.108. The second kappa shape index (κ2) is 9.01. The average Bonchev–Trinajstić information content (AvgIpc) is 2.45. The third kappa shape index (κ3) is 5.71. The van der Waals surface area contributed by atoms with E-state index in [4.69, 9.17) is 0 Å². The number of likely N-dealkylation sites (tertiary alicyclic amines) is 1. The predicted molar refractivity (Wildman–Crippen MR) is 87.1 cm³/mol. The van der Waals surface area contributed by atoms with E-state index in [1.54, 1.807) is 0 Å². The Balaban J connectivity index is 2.22. The number of nitrogens with zero attached hydrogens (tertiary/aromatic N) is 1. The molecule has 0 aromatic carbocycles. The highest BCUT2D eigenvalue weighted by Crippen LogP contribution is 2.23. The van der Waals surface area contributed by atoms with Crippen LogP contribution in [0.5, 0.6) is 0 Å². The molecule has 3 unspecified atom stereocenters. The van der Waals surface area contributed by atoms with Crippen LogP contribution in [-0.4, -0.2) is 47.8 Å². The van der Waals surface area contributed by atoms with Crippen LogP contribution < -0.4 is 5.32 Å². The first kappa shape index (κ1) is 17.9. The van der Waals surface area contributed by atoms with Gasteiger partial charge in [-0.15, -0.1) is 0 Å². The molecule has 0 spiro atoms. The van der Waals surface area contributed by atoms with Crippen LogP contribution in [0.2, 0.25) is 0 Å². The quantitative estimate of drug-likeness (QED) is 0.639. The lowest BCUT2D eigenvalue weighted by Gasteiger charge is -2.38. The number of piperidine rings is 1. The van der Waals surface area contributed by atoms with Crippen LogP contribution >= 0.6 is 0 Å². The molecule has 1 aliphatic rings. The van der Waals surface area contributed by atoms with Crippen molar-refractivity contribution in [3.63, 3.8) is 0 Å². The van der Waals surface area contributed by atoms with Crippen molar-refractivity contribution in [2.75, 3.05) is 26.2 Å². The minimum Gasteiger partial charge on any atom is -0.394 e. The van der Waals surface area contributed by atoms with E-state index in [0.717, 1.165) is 31.3 Å². The van der Waals surface area contributed by atoms with Crippen molar-refractivity contribution in [1.82, 2.24) is 10.2 Å². The molecule has 1 fully saturated rings. The predicted octanol–water partition coefficient (Wildman–Crippen LogP) is 3.03. The topological polar surface area (TPSA) is 35.5 Å². The van der Waals surface area contributed by atoms with Crippen molar-refractivity contribution in [2.45, 2.75) is 77.8 Å². The SMILES string of the molecule is CCCNC(C)(CO)CCCCN1CCCC(C)C1C. The highest BCUT2D eigenvalue weighted by molar-refractivity contribution is 4.83. The fraction of sp³-hybridized carbons (Fsp3) is 1.00. The van der Waals surface area contributed by atoms with Gasteiger partial charge in [0.25, 0.3) is 0 Å². The highest BCUT2D eigenvalue weighted by atomic mass is 16.3. The molecule has 0 aromatic heterocycles. The van der Waals surface area contributed by atoms with Gasteiger partial charge in [-0.3, -0.25) is 0 Å². The molecule has 0 bridgehead atoms. The third-order valence-corrected chi connectivity index (χ3v) is 5.08. The van der Waals surface area contributed by atoms with E-state index < -0.39 is 0 Å². The van der Waals surface area contributed by atoms with Gasteiger partial charge < -0.3 is 15.3 Å². The molecule has 2 N–H and O–H groups in total. The molecule has 0 saturated carbocycles. The zero-order chi connectivity index (χ0) is 15.0. The van der Waals surface area contributed by atoms with Gasteiger partial charge in [-0.2, -0.15) is 0 Å². The van der Waals surface area contributed by atoms with Gasteiger partial charge in [-0.05, 0) is 71.5 Å². The standard InChI is InChI=1S/C17H36N2O/c1-5-11-18-17(4,14-20)10-6-7-12-19-13-8-9-15(2)16(19)3/h15-16,18,20H,5-14H2,1-4H3. The molecule has 120 valence electrons. The van der Waals surface area contributed by atoms with Crippen molar-refractivity contribution in [2.24, 2.45) is 5.92 Å². The molecule has 1 saturated heterocycles. The van der Waals surface area contributed by atoms with Crippen LogP contribution in [0, 0.1) is 5.92 Å². The zero-order valence-electron chi connectivity index (χ0n) is 14.1. The minimum atomic E-state index is -0.0865. The average molecular weight is 284 g/mol. The van der Waals surface area contributed by atoms with Crippen molar-refractivity contribution >= 4 is 0 Å². The molecule has 1 heterocycles. The molecule has 1 aliphatic heterocycles. The summed E-state index contributed by atoms with van der Waals surface area (Å²) in [7, 11) is 0. The Bertz CT molecular complexity index is 259. The van der Waals surface area contributed by atoms with Crippen molar-refractivity contribution in [1.29, 1.82) is 0 Å². The number of aliphatic hydroxyl groups is 1. The minimum absolute atomic E-state index is 0.0865. The first-order valence-corrected chi connectivity index (χ1v) is 8.62. The Morgan fingerprint density at radius 3 is 2.70 bits per heavy atom. The fourth-order valence-corrected chi connectivity index (χ4v) is 3.22. The van der Waals surface area contributed by atoms with Gasteiger partial charge in [-0.25, -0.2) is 0 Å². The molecule has 3 nitrogen and oxygen atoms in total. The summed E-state index contributed by atoms with van der Waals surface area (Å²) in [6, 6.07) is 0.742. The number of nitrogens with one attached hydrogen (secondary N) is 1. The number of unbranched alkanes of at least 4 members (excludes halogenated alkanes) is 1. The Morgan fingerprint density at radius 1 is 1.30 bits per heavy atom. The number of hydrogen-bond donors (Lipinski definition) is 2. The first-order valence-electron chi connectivity index (χ1n) is 8.62. The van der Waals surface area contributed by atoms with Crippen LogP contribution in [0.25, 0.3) is 0 Å². The number of rotatable bonds is 9. The maximum atomic E-state index is 9.56. The monoisotopic (exact) mass is 284 g/mol. The lowest BCUT2D eigenvalue weighted by Crippen LogP contribution is -2.46. The van der Waals surface area contributed by atoms with Gasteiger partial charge in [0.05, 0.1) is 6.61 Å². The fourth-order valence-electron chi connectivity index (χ4n) is 3.22. The van der Waals surface area contributed by atoms with E-state index in [2.05, 4.69) is 37.9 Å². The summed E-state index contributed by atoms with van der Waals surface area (Å²) in [5, 5.41) is 13.0. The smallest absolute Gasteiger partial charge is 0.0610 e. The number of aliphatic hydroxyl groups excluding tert-OH is 1. The second-order valence-electron chi connectivity index (χ2n) is 7.00. The van der Waals surface area contributed by atoms with Crippen LogP contribution in [0.15, 0.2) is 0 Å². The summed E-state index contributed by atoms with van der Waals surface area (Å²) in [4.78, 5) is 2.66. The molecule has 3 heteroatoms. The first-order chi connectivity index (χ1) is 9.52. The lowest BCUT2D eigenvalue weighted by atomic mass is 9.91. The van der Waals surface area contributed by atoms with Gasteiger partial charge in [0.2, 0.25) is 0 Å². The molecule has 0 aromatic rings. The van der Waals surface area contributed by atoms with Crippen LogP contribution in [0.3, 0.4) is 0 Å². The second-order valence-corrected chi connectivity index (χ2v) is 7.00. The largest absolute Gasteiger partial charge is 0.394 e. The van der Waals surface area contributed by atoms with E-state index in [1.807, 2.05) is 0 Å². The summed E-state index contributed by atoms with van der Waals surface area (Å²) in [6.07, 6.45) is 7.39. The molecular formula is C17H36N2O. The van der Waals surface area contributed by atoms with Gasteiger partial charge in [0.1, 0.15) is 0 Å². The van der Waals surface area contributed by atoms with Crippen molar-refractivity contribution in [3.05, 3.63) is 0 Å². The van der Waals surface area contributed by atoms with E-state index >= 15 is 0 Å². The molecule has 0 radical (unpaired) electrons. The Morgan fingerprint density at radius 2 is 2.05 bits per heavy atom. The summed E-state index contributed by atoms with van der Waals surface area (Å²) in [5.41, 5.74) is -0.0865. The maximum Gasteiger partial charge on any atom is 0.0610 e. The molecule has 0 amide bonds. The van der Waals surface area contributed by atoms with E-state index in [9.17, 15) is 5.11 Å². The maximum absolute atomic E-state index is 9.56. The zero-order valence-corrected chi connectivity index (χ0v) is 14.1. The summed E-state index contributed by atoms with van der Waals surface area (Å²) >= 11 is 0. The Kier molecular flexibility index (Phi) is 8.08. The van der Waals surface area contributed by atoms with E-state index in [1.165, 1.54) is 38.8 Å². The third-order valence-electron chi connectivity index (χ3n) is 5.08. The number of hydrogen-bond acceptors (Lipinski definition) is 3. The van der Waals surface area contributed by atoms with Gasteiger partial charge >= 0.3 is 0 Å². The Hall–Kier alpha value is -0.120. The van der Waals surface area contributed by atoms with Gasteiger partial charge in [0.15, 0.2) is 0 Å². The van der Waals surface area contributed by atoms with Gasteiger partial charge in [0, 0.05) is 11.6 Å². The van der Waals surface area contributed by atoms with E-state index in [-0.39, 0.29) is 12.1 Å². The summed E-state index contributed by atoms with van der Waals surface area (Å²) in [6.45, 7) is 12.8. The molecule has 0 aliphatic carbocycles. The van der Waals surface area contributed by atoms with Crippen molar-refractivity contribution in [3.8, 4) is 0 Å². The van der Waals surface area contributed by atoms with E-state index in [0.29, 0.717) is 0 Å². The Labute approximate surface area is 126 Å². The van der Waals surface area contributed by atoms with Crippen molar-refractivity contribution < 1.29 is 5.11 Å². The summed E-state index contributed by atoms with van der Waals surface area (Å²) < 4.78 is 0. The molecular weight excluding hydrogens is 248 g/mol. The van der Waals surface area contributed by atoms with Crippen LogP contribution in [0.1, 0.15) is 66.2 Å². The summed E-state index contributed by atoms with van der Waals surface area (Å²) in [5.74, 6) is 0.845. The van der Waals surface area contributed by atoms with Gasteiger partial charge in [-0.1, -0.05) is 20.3 Å².